The van der Waals surface area contributed by atoms with Crippen LogP contribution in [0.1, 0.15) is 85.0 Å². The highest BCUT2D eigenvalue weighted by molar-refractivity contribution is 5.53. The van der Waals surface area contributed by atoms with Crippen molar-refractivity contribution in [3.05, 3.63) is 115 Å². The molecule has 0 heterocycles. The van der Waals surface area contributed by atoms with Crippen LogP contribution < -0.4 is 18.9 Å². The topological polar surface area (TPSA) is 36.9 Å². The summed E-state index contributed by atoms with van der Waals surface area (Å²) in [5, 5.41) is 0. The lowest BCUT2D eigenvalue weighted by atomic mass is 9.76. The number of hydrogen-bond acceptors (Lipinski definition) is 4. The monoisotopic (exact) mass is 580 g/mol. The number of aryl methyl sites for hydroxylation is 8. The third kappa shape index (κ3) is 6.39. The van der Waals surface area contributed by atoms with E-state index in [1.165, 1.54) is 22.3 Å². The van der Waals surface area contributed by atoms with Crippen LogP contribution in [0, 0.1) is 55.4 Å². The second kappa shape index (κ2) is 13.2. The summed E-state index contributed by atoms with van der Waals surface area (Å²) in [6, 6.07) is 18.4. The van der Waals surface area contributed by atoms with Gasteiger partial charge in [0, 0.05) is 11.8 Å². The van der Waals surface area contributed by atoms with E-state index < -0.39 is 0 Å². The van der Waals surface area contributed by atoms with E-state index in [1.54, 1.807) is 28.4 Å². The summed E-state index contributed by atoms with van der Waals surface area (Å²) < 4.78 is 23.0. The average Bonchev–Trinajstić information content (AvgIpc) is 2.93. The van der Waals surface area contributed by atoms with Crippen molar-refractivity contribution in [1.29, 1.82) is 0 Å². The van der Waals surface area contributed by atoms with Crippen molar-refractivity contribution in [2.45, 2.75) is 73.6 Å². The second-order valence-electron chi connectivity index (χ2n) is 12.1. The first-order valence-corrected chi connectivity index (χ1v) is 15.0. The van der Waals surface area contributed by atoms with E-state index in [1.807, 2.05) is 0 Å². The van der Waals surface area contributed by atoms with Crippen LogP contribution in [0.25, 0.3) is 0 Å². The minimum Gasteiger partial charge on any atom is -0.496 e. The third-order valence-electron chi connectivity index (χ3n) is 8.83. The largest absolute Gasteiger partial charge is 0.496 e. The zero-order chi connectivity index (χ0) is 31.6. The van der Waals surface area contributed by atoms with E-state index in [0.717, 1.165) is 73.9 Å². The number of hydrogen-bond donors (Lipinski definition) is 0. The molecule has 0 radical (unpaired) electrons. The summed E-state index contributed by atoms with van der Waals surface area (Å²) in [5.41, 5.74) is 14.3. The Morgan fingerprint density at radius 3 is 0.651 bits per heavy atom. The van der Waals surface area contributed by atoms with Crippen molar-refractivity contribution < 1.29 is 18.9 Å². The summed E-state index contributed by atoms with van der Waals surface area (Å²) in [5.74, 6) is 4.05. The quantitative estimate of drug-likeness (QED) is 0.187. The first-order valence-electron chi connectivity index (χ1n) is 15.0. The van der Waals surface area contributed by atoms with Gasteiger partial charge >= 0.3 is 0 Å². The van der Waals surface area contributed by atoms with Gasteiger partial charge in [0.05, 0.1) is 28.4 Å². The van der Waals surface area contributed by atoms with Gasteiger partial charge in [0.1, 0.15) is 23.0 Å². The predicted molar refractivity (Wildman–Crippen MR) is 178 cm³/mol. The van der Waals surface area contributed by atoms with Crippen LogP contribution in [0.2, 0.25) is 0 Å². The molecular weight excluding hydrogens is 532 g/mol. The fourth-order valence-electron chi connectivity index (χ4n) is 7.19. The molecule has 0 aliphatic rings. The SMILES string of the molecule is COc1c(C)cc(C(CC(c2cc(C)c(OC)c(C)c2)c2cc(C)c(OC)c(C)c2)c2cc(C)c(OC)c(C)c2)cc1C. The molecule has 0 unspecified atom stereocenters. The fourth-order valence-corrected chi connectivity index (χ4v) is 7.19. The number of ether oxygens (including phenoxy) is 4. The maximum Gasteiger partial charge on any atom is 0.124 e. The smallest absolute Gasteiger partial charge is 0.124 e. The molecule has 4 aromatic rings. The Morgan fingerprint density at radius 2 is 0.512 bits per heavy atom. The van der Waals surface area contributed by atoms with Gasteiger partial charge in [-0.2, -0.15) is 0 Å². The molecule has 0 aliphatic carbocycles. The maximum absolute atomic E-state index is 5.76. The van der Waals surface area contributed by atoms with Gasteiger partial charge in [0.15, 0.2) is 0 Å². The van der Waals surface area contributed by atoms with Gasteiger partial charge in [-0.25, -0.2) is 0 Å². The van der Waals surface area contributed by atoms with Gasteiger partial charge in [0.2, 0.25) is 0 Å². The van der Waals surface area contributed by atoms with Crippen molar-refractivity contribution >= 4 is 0 Å². The van der Waals surface area contributed by atoms with E-state index in [9.17, 15) is 0 Å². The van der Waals surface area contributed by atoms with Crippen molar-refractivity contribution in [2.75, 3.05) is 28.4 Å². The number of methoxy groups -OCH3 is 4. The molecule has 0 atom stereocenters. The average molecular weight is 581 g/mol. The molecule has 4 nitrogen and oxygen atoms in total. The summed E-state index contributed by atoms with van der Waals surface area (Å²) >= 11 is 0. The molecule has 0 amide bonds. The molecule has 43 heavy (non-hydrogen) atoms. The first-order chi connectivity index (χ1) is 20.4. The Hall–Kier alpha value is -3.92. The number of rotatable bonds is 10. The van der Waals surface area contributed by atoms with Crippen LogP contribution >= 0.6 is 0 Å². The predicted octanol–water partition coefficient (Wildman–Crippen LogP) is 9.54. The molecule has 228 valence electrons. The van der Waals surface area contributed by atoms with Gasteiger partial charge in [-0.3, -0.25) is 0 Å². The van der Waals surface area contributed by atoms with Crippen molar-refractivity contribution in [3.8, 4) is 23.0 Å². The molecule has 0 aliphatic heterocycles. The van der Waals surface area contributed by atoms with Crippen LogP contribution in [0.3, 0.4) is 0 Å². The highest BCUT2D eigenvalue weighted by Gasteiger charge is 2.27. The Morgan fingerprint density at radius 1 is 0.349 bits per heavy atom. The van der Waals surface area contributed by atoms with Crippen LogP contribution in [0.15, 0.2) is 48.5 Å². The van der Waals surface area contributed by atoms with E-state index in [-0.39, 0.29) is 11.8 Å². The van der Waals surface area contributed by atoms with E-state index in [2.05, 4.69) is 104 Å². The van der Waals surface area contributed by atoms with Gasteiger partial charge in [-0.15, -0.1) is 0 Å². The van der Waals surface area contributed by atoms with Crippen molar-refractivity contribution in [3.63, 3.8) is 0 Å². The van der Waals surface area contributed by atoms with Crippen molar-refractivity contribution in [2.24, 2.45) is 0 Å². The number of benzene rings is 4. The van der Waals surface area contributed by atoms with Gasteiger partial charge in [0.25, 0.3) is 0 Å². The Bertz CT molecular complexity index is 1300. The lowest BCUT2D eigenvalue weighted by Crippen LogP contribution is -2.13. The molecule has 0 bridgehead atoms. The van der Waals surface area contributed by atoms with Gasteiger partial charge < -0.3 is 18.9 Å². The second-order valence-corrected chi connectivity index (χ2v) is 12.1. The zero-order valence-corrected chi connectivity index (χ0v) is 28.1. The summed E-state index contributed by atoms with van der Waals surface area (Å²) in [7, 11) is 7.01. The molecule has 4 rings (SSSR count). The molecule has 0 saturated carbocycles. The zero-order valence-electron chi connectivity index (χ0n) is 28.1. The normalized spacial score (nSPS) is 11.3. The van der Waals surface area contributed by atoms with E-state index in [0.29, 0.717) is 0 Å². The summed E-state index contributed by atoms with van der Waals surface area (Å²) in [6.45, 7) is 17.1. The van der Waals surface area contributed by atoms with Crippen LogP contribution in [0.4, 0.5) is 0 Å². The minimum absolute atomic E-state index is 0.127. The van der Waals surface area contributed by atoms with E-state index >= 15 is 0 Å². The molecule has 0 saturated heterocycles. The van der Waals surface area contributed by atoms with Crippen LogP contribution in [0.5, 0.6) is 23.0 Å². The minimum atomic E-state index is 0.127. The molecule has 4 aromatic carbocycles. The lowest BCUT2D eigenvalue weighted by molar-refractivity contribution is 0.407. The Labute approximate surface area is 259 Å². The maximum atomic E-state index is 5.76. The standard InChI is InChI=1S/C39H48O4/c1-22-13-30(14-23(2)36(22)40-9)34(31-15-24(3)37(41-10)25(4)16-31)21-35(32-17-26(5)38(42-11)27(6)18-32)33-19-28(7)39(43-12)29(8)20-33/h13-20,34-35H,21H2,1-12H3. The van der Waals surface area contributed by atoms with Gasteiger partial charge in [-0.05, 0) is 129 Å². The summed E-state index contributed by atoms with van der Waals surface area (Å²) in [4.78, 5) is 0. The van der Waals surface area contributed by atoms with Gasteiger partial charge in [-0.1, -0.05) is 48.5 Å². The molecule has 0 N–H and O–H groups in total. The Balaban J connectivity index is 2.00. The van der Waals surface area contributed by atoms with Crippen molar-refractivity contribution in [1.82, 2.24) is 0 Å². The summed E-state index contributed by atoms with van der Waals surface area (Å²) in [6.07, 6.45) is 0.882. The van der Waals surface area contributed by atoms with E-state index in [4.69, 9.17) is 18.9 Å². The molecule has 0 spiro atoms. The molecular formula is C39H48O4. The van der Waals surface area contributed by atoms with Crippen LogP contribution in [-0.2, 0) is 0 Å². The Kier molecular flexibility index (Phi) is 9.79. The highest BCUT2D eigenvalue weighted by Crippen LogP contribution is 2.44. The highest BCUT2D eigenvalue weighted by atomic mass is 16.5. The molecule has 0 aromatic heterocycles. The molecule has 0 fully saturated rings. The third-order valence-corrected chi connectivity index (χ3v) is 8.83. The lowest BCUT2D eigenvalue weighted by Gasteiger charge is -2.29. The first kappa shape index (κ1) is 32.0. The molecule has 4 heteroatoms. The van der Waals surface area contributed by atoms with Crippen LogP contribution in [-0.4, -0.2) is 28.4 Å². The fraction of sp³-hybridized carbons (Fsp3) is 0.385.